The lowest BCUT2D eigenvalue weighted by Crippen LogP contribution is -2.54. The third kappa shape index (κ3) is 2.74. The van der Waals surface area contributed by atoms with E-state index in [1.54, 1.807) is 12.3 Å². The highest BCUT2D eigenvalue weighted by molar-refractivity contribution is 6.10. The Hall–Kier alpha value is -2.44. The van der Waals surface area contributed by atoms with Crippen LogP contribution in [0.2, 0.25) is 0 Å². The number of hydrogen-bond acceptors (Lipinski definition) is 4. The summed E-state index contributed by atoms with van der Waals surface area (Å²) in [5.41, 5.74) is -0.0169. The maximum atomic E-state index is 12.8. The molecule has 1 saturated carbocycles. The van der Waals surface area contributed by atoms with Crippen LogP contribution < -0.4 is 10.6 Å². The highest BCUT2D eigenvalue weighted by Gasteiger charge is 2.55. The maximum absolute atomic E-state index is 12.8. The van der Waals surface area contributed by atoms with E-state index in [2.05, 4.69) is 15.6 Å². The third-order valence-electron chi connectivity index (χ3n) is 5.07. The second-order valence-corrected chi connectivity index (χ2v) is 6.66. The van der Waals surface area contributed by atoms with Crippen molar-refractivity contribution in [3.8, 4) is 0 Å². The molecule has 2 fully saturated rings. The first kappa shape index (κ1) is 16.4. The lowest BCUT2D eigenvalue weighted by atomic mass is 9.73. The van der Waals surface area contributed by atoms with Crippen molar-refractivity contribution in [2.45, 2.75) is 45.1 Å². The molecule has 2 aliphatic rings. The predicted octanol–water partition coefficient (Wildman–Crippen LogP) is 1.83. The van der Waals surface area contributed by atoms with E-state index in [4.69, 9.17) is 0 Å². The van der Waals surface area contributed by atoms with Crippen LogP contribution in [-0.2, 0) is 9.59 Å². The van der Waals surface area contributed by atoms with Gasteiger partial charge in [0.25, 0.3) is 5.91 Å². The fourth-order valence-corrected chi connectivity index (χ4v) is 3.57. The first-order chi connectivity index (χ1) is 11.4. The fraction of sp³-hybridized carbons (Fsp3) is 0.529. The van der Waals surface area contributed by atoms with Crippen LogP contribution in [0.1, 0.15) is 38.2 Å². The van der Waals surface area contributed by atoms with Gasteiger partial charge in [-0.15, -0.1) is 0 Å². The van der Waals surface area contributed by atoms with Gasteiger partial charge >= 0.3 is 6.03 Å². The van der Waals surface area contributed by atoms with Gasteiger partial charge in [-0.3, -0.25) is 14.5 Å². The Morgan fingerprint density at radius 1 is 1.46 bits per heavy atom. The van der Waals surface area contributed by atoms with E-state index in [0.29, 0.717) is 12.2 Å². The van der Waals surface area contributed by atoms with Crippen molar-refractivity contribution in [3.63, 3.8) is 0 Å². The largest absolute Gasteiger partial charge is 0.325 e. The average molecular weight is 330 g/mol. The smallest absolute Gasteiger partial charge is 0.323 e. The van der Waals surface area contributed by atoms with Crippen molar-refractivity contribution in [1.29, 1.82) is 0 Å². The number of carbonyl (C=O) groups is 3. The molecule has 3 rings (SSSR count). The van der Waals surface area contributed by atoms with Gasteiger partial charge in [0, 0.05) is 6.20 Å². The summed E-state index contributed by atoms with van der Waals surface area (Å²) in [6, 6.07) is 3.12. The quantitative estimate of drug-likeness (QED) is 0.827. The van der Waals surface area contributed by atoms with E-state index in [1.807, 2.05) is 19.9 Å². The Bertz CT molecular complexity index is 690. The summed E-state index contributed by atoms with van der Waals surface area (Å²) in [5.74, 6) is -0.197. The molecular formula is C17H22N4O3. The first-order valence-corrected chi connectivity index (χ1v) is 8.29. The summed E-state index contributed by atoms with van der Waals surface area (Å²) >= 11 is 0. The van der Waals surface area contributed by atoms with Crippen molar-refractivity contribution >= 4 is 23.7 Å². The van der Waals surface area contributed by atoms with Crippen LogP contribution in [0.3, 0.4) is 0 Å². The summed E-state index contributed by atoms with van der Waals surface area (Å²) in [6.45, 7) is 3.52. The lowest BCUT2D eigenvalue weighted by molar-refractivity contribution is -0.136. The van der Waals surface area contributed by atoms with Gasteiger partial charge in [0.2, 0.25) is 5.91 Å². The van der Waals surface area contributed by atoms with E-state index >= 15 is 0 Å². The Balaban J connectivity index is 1.71. The minimum Gasteiger partial charge on any atom is -0.323 e. The number of nitrogens with one attached hydrogen (secondary N) is 2. The zero-order chi connectivity index (χ0) is 17.3. The first-order valence-electron chi connectivity index (χ1n) is 8.29. The molecule has 1 aliphatic heterocycles. The maximum Gasteiger partial charge on any atom is 0.325 e. The molecule has 2 heterocycles. The topological polar surface area (TPSA) is 91.4 Å². The van der Waals surface area contributed by atoms with Crippen molar-refractivity contribution in [1.82, 2.24) is 15.2 Å². The van der Waals surface area contributed by atoms with Gasteiger partial charge < -0.3 is 10.6 Å². The Kier molecular flexibility index (Phi) is 4.26. The molecule has 24 heavy (non-hydrogen) atoms. The highest BCUT2D eigenvalue weighted by atomic mass is 16.2. The minimum atomic E-state index is -0.837. The molecule has 4 amide bonds. The number of aryl methyl sites for hydroxylation is 1. The van der Waals surface area contributed by atoms with Gasteiger partial charge in [-0.25, -0.2) is 9.78 Å². The number of anilines is 1. The van der Waals surface area contributed by atoms with Crippen molar-refractivity contribution in [2.24, 2.45) is 5.92 Å². The molecule has 2 N–H and O–H groups in total. The number of imide groups is 1. The molecule has 0 radical (unpaired) electrons. The van der Waals surface area contributed by atoms with Gasteiger partial charge in [-0.2, -0.15) is 0 Å². The number of pyridine rings is 1. The molecule has 1 aliphatic carbocycles. The molecule has 1 saturated heterocycles. The Morgan fingerprint density at radius 2 is 2.25 bits per heavy atom. The standard InChI is InChI=1S/C17H22N4O3/c1-11-6-5-9-18-14(11)19-13(22)10-21-15(23)17(20-16(21)24)8-4-3-7-12(17)2/h5-6,9,12H,3-4,7-8,10H2,1-2H3,(H,20,24)(H,18,19,22). The molecule has 128 valence electrons. The molecule has 1 spiro atoms. The normalized spacial score (nSPS) is 26.6. The van der Waals surface area contributed by atoms with Gasteiger partial charge in [0.1, 0.15) is 17.9 Å². The van der Waals surface area contributed by atoms with Crippen LogP contribution in [0.25, 0.3) is 0 Å². The van der Waals surface area contributed by atoms with E-state index < -0.39 is 17.5 Å². The molecule has 1 aromatic rings. The number of nitrogens with zero attached hydrogens (tertiary/aromatic N) is 2. The molecule has 0 aromatic carbocycles. The van der Waals surface area contributed by atoms with E-state index in [0.717, 1.165) is 29.7 Å². The van der Waals surface area contributed by atoms with E-state index in [1.165, 1.54) is 0 Å². The van der Waals surface area contributed by atoms with Crippen LogP contribution in [0.4, 0.5) is 10.6 Å². The van der Waals surface area contributed by atoms with Crippen LogP contribution in [0.15, 0.2) is 18.3 Å². The predicted molar refractivity (Wildman–Crippen MR) is 88.2 cm³/mol. The van der Waals surface area contributed by atoms with Crippen molar-refractivity contribution in [2.75, 3.05) is 11.9 Å². The van der Waals surface area contributed by atoms with Crippen LogP contribution >= 0.6 is 0 Å². The molecule has 0 bridgehead atoms. The number of hydrogen-bond donors (Lipinski definition) is 2. The molecule has 2 atom stereocenters. The van der Waals surface area contributed by atoms with Crippen LogP contribution in [0, 0.1) is 12.8 Å². The third-order valence-corrected chi connectivity index (χ3v) is 5.07. The molecular weight excluding hydrogens is 308 g/mol. The second-order valence-electron chi connectivity index (χ2n) is 6.66. The SMILES string of the molecule is Cc1cccnc1NC(=O)CN1C(=O)NC2(CCCCC2C)C1=O. The number of carbonyl (C=O) groups excluding carboxylic acids is 3. The number of amides is 4. The average Bonchev–Trinajstić information content (AvgIpc) is 2.78. The van der Waals surface area contributed by atoms with Gasteiger partial charge in [-0.05, 0) is 37.3 Å². The van der Waals surface area contributed by atoms with Crippen molar-refractivity contribution in [3.05, 3.63) is 23.9 Å². The second kappa shape index (κ2) is 6.22. The summed E-state index contributed by atoms with van der Waals surface area (Å²) in [5, 5.41) is 5.50. The monoisotopic (exact) mass is 330 g/mol. The molecule has 2 unspecified atom stereocenters. The highest BCUT2D eigenvalue weighted by Crippen LogP contribution is 2.38. The molecule has 7 heteroatoms. The zero-order valence-electron chi connectivity index (χ0n) is 14.0. The summed E-state index contributed by atoms with van der Waals surface area (Å²) in [7, 11) is 0. The van der Waals surface area contributed by atoms with Gasteiger partial charge in [0.15, 0.2) is 0 Å². The number of rotatable bonds is 3. The van der Waals surface area contributed by atoms with E-state index in [-0.39, 0.29) is 18.4 Å². The van der Waals surface area contributed by atoms with Crippen molar-refractivity contribution < 1.29 is 14.4 Å². The Labute approximate surface area is 140 Å². The summed E-state index contributed by atoms with van der Waals surface area (Å²) in [4.78, 5) is 42.4. The van der Waals surface area contributed by atoms with Crippen LogP contribution in [0.5, 0.6) is 0 Å². The van der Waals surface area contributed by atoms with Gasteiger partial charge in [0.05, 0.1) is 0 Å². The zero-order valence-corrected chi connectivity index (χ0v) is 14.0. The lowest BCUT2D eigenvalue weighted by Gasteiger charge is -2.36. The van der Waals surface area contributed by atoms with E-state index in [9.17, 15) is 14.4 Å². The minimum absolute atomic E-state index is 0.0776. The fourth-order valence-electron chi connectivity index (χ4n) is 3.57. The molecule has 7 nitrogen and oxygen atoms in total. The molecule has 1 aromatic heterocycles. The van der Waals surface area contributed by atoms with Gasteiger partial charge in [-0.1, -0.05) is 25.8 Å². The number of urea groups is 1. The Morgan fingerprint density at radius 3 is 2.96 bits per heavy atom. The summed E-state index contributed by atoms with van der Waals surface area (Å²) < 4.78 is 0. The number of aromatic nitrogens is 1. The van der Waals surface area contributed by atoms with Crippen LogP contribution in [-0.4, -0.2) is 39.8 Å². The summed E-state index contributed by atoms with van der Waals surface area (Å²) in [6.07, 6.45) is 5.08.